The molecular weight excluding hydrogens is 392 g/mol. The van der Waals surface area contributed by atoms with Crippen LogP contribution in [-0.2, 0) is 11.3 Å². The average Bonchev–Trinajstić information content (AvgIpc) is 3.56. The number of carbonyl (C=O) groups excluding carboxylic acids is 1. The molecule has 5 nitrogen and oxygen atoms in total. The number of hydrogen-bond donors (Lipinski definition) is 1. The number of thioether (sulfide) groups is 1. The average molecular weight is 419 g/mol. The van der Waals surface area contributed by atoms with Crippen molar-refractivity contribution >= 4 is 17.7 Å². The first-order chi connectivity index (χ1) is 14.7. The first kappa shape index (κ1) is 20.4. The summed E-state index contributed by atoms with van der Waals surface area (Å²) >= 11 is 1.45. The van der Waals surface area contributed by atoms with Gasteiger partial charge in [-0.3, -0.25) is 4.79 Å². The zero-order chi connectivity index (χ0) is 20.9. The third kappa shape index (κ3) is 4.65. The summed E-state index contributed by atoms with van der Waals surface area (Å²) in [4.78, 5) is 13.1. The van der Waals surface area contributed by atoms with Gasteiger partial charge in [0.25, 0.3) is 0 Å². The molecule has 154 valence electrons. The summed E-state index contributed by atoms with van der Waals surface area (Å²) in [6.07, 6.45) is 4.17. The van der Waals surface area contributed by atoms with Gasteiger partial charge in [-0.05, 0) is 30.9 Å². The van der Waals surface area contributed by atoms with E-state index in [1.54, 1.807) is 0 Å². The monoisotopic (exact) mass is 418 g/mol. The van der Waals surface area contributed by atoms with Crippen molar-refractivity contribution in [2.75, 3.05) is 0 Å². The van der Waals surface area contributed by atoms with E-state index in [0.29, 0.717) is 12.5 Å². The summed E-state index contributed by atoms with van der Waals surface area (Å²) in [5, 5.41) is 12.4. The normalized spacial score (nSPS) is 14.5. The van der Waals surface area contributed by atoms with E-state index in [0.717, 1.165) is 34.9 Å². The van der Waals surface area contributed by atoms with Crippen molar-refractivity contribution in [3.63, 3.8) is 0 Å². The van der Waals surface area contributed by atoms with Crippen molar-refractivity contribution in [1.29, 1.82) is 0 Å². The first-order valence-electron chi connectivity index (χ1n) is 10.3. The van der Waals surface area contributed by atoms with Crippen molar-refractivity contribution in [3.05, 3.63) is 90.3 Å². The molecule has 1 saturated carbocycles. The Morgan fingerprint density at radius 2 is 1.73 bits per heavy atom. The van der Waals surface area contributed by atoms with Crippen LogP contribution in [-0.4, -0.2) is 25.9 Å². The van der Waals surface area contributed by atoms with Gasteiger partial charge in [-0.1, -0.05) is 78.5 Å². The molecule has 0 spiro atoms. The third-order valence-corrected chi connectivity index (χ3v) is 6.28. The molecule has 1 fully saturated rings. The van der Waals surface area contributed by atoms with Crippen LogP contribution < -0.4 is 5.32 Å². The molecule has 1 unspecified atom stereocenters. The van der Waals surface area contributed by atoms with Gasteiger partial charge >= 0.3 is 0 Å². The predicted molar refractivity (Wildman–Crippen MR) is 120 cm³/mol. The van der Waals surface area contributed by atoms with Crippen LogP contribution in [0.3, 0.4) is 0 Å². The number of hydrogen-bond acceptors (Lipinski definition) is 4. The van der Waals surface area contributed by atoms with Crippen LogP contribution in [0.2, 0.25) is 0 Å². The fourth-order valence-electron chi connectivity index (χ4n) is 3.45. The van der Waals surface area contributed by atoms with Gasteiger partial charge in [-0.25, -0.2) is 0 Å². The van der Waals surface area contributed by atoms with Crippen molar-refractivity contribution in [3.8, 4) is 0 Å². The molecule has 2 aromatic carbocycles. The fraction of sp³-hybridized carbons (Fsp3) is 0.292. The molecule has 1 aliphatic rings. The molecular formula is C24H26N4OS. The van der Waals surface area contributed by atoms with Gasteiger partial charge in [0.2, 0.25) is 5.91 Å². The molecule has 0 bridgehead atoms. The molecule has 1 N–H and O–H groups in total. The van der Waals surface area contributed by atoms with Crippen molar-refractivity contribution < 1.29 is 4.79 Å². The Morgan fingerprint density at radius 3 is 2.27 bits per heavy atom. The predicted octanol–water partition coefficient (Wildman–Crippen LogP) is 4.73. The van der Waals surface area contributed by atoms with Gasteiger partial charge in [0.15, 0.2) is 5.16 Å². The smallest absolute Gasteiger partial charge is 0.234 e. The van der Waals surface area contributed by atoms with E-state index in [9.17, 15) is 4.79 Å². The van der Waals surface area contributed by atoms with Crippen LogP contribution in [0.4, 0.5) is 0 Å². The molecule has 1 heterocycles. The van der Waals surface area contributed by atoms with Crippen LogP contribution in [0.5, 0.6) is 0 Å². The maximum atomic E-state index is 13.1. The van der Waals surface area contributed by atoms with Crippen molar-refractivity contribution in [2.45, 2.75) is 48.7 Å². The van der Waals surface area contributed by atoms with Crippen molar-refractivity contribution in [1.82, 2.24) is 20.1 Å². The van der Waals surface area contributed by atoms with Crippen molar-refractivity contribution in [2.24, 2.45) is 0 Å². The summed E-state index contributed by atoms with van der Waals surface area (Å²) in [6, 6.07) is 19.9. The number of benzene rings is 2. The standard InChI is InChI=1S/C24H26N4OS/c1-3-16-28-22(20-14-15-20)26-27-24(28)30-17(2)23(29)25-21(18-10-6-4-7-11-18)19-12-8-5-9-13-19/h3-13,17,20-21H,1,14-16H2,2H3,(H,25,29). The Morgan fingerprint density at radius 1 is 1.13 bits per heavy atom. The molecule has 3 aromatic rings. The summed E-state index contributed by atoms with van der Waals surface area (Å²) < 4.78 is 2.09. The molecule has 0 radical (unpaired) electrons. The molecule has 0 aliphatic heterocycles. The second-order valence-electron chi connectivity index (χ2n) is 7.54. The lowest BCUT2D eigenvalue weighted by Gasteiger charge is -2.22. The van der Waals surface area contributed by atoms with E-state index in [1.165, 1.54) is 11.8 Å². The number of carbonyl (C=O) groups is 1. The summed E-state index contributed by atoms with van der Waals surface area (Å²) in [6.45, 7) is 6.43. The number of rotatable bonds is 9. The second-order valence-corrected chi connectivity index (χ2v) is 8.85. The quantitative estimate of drug-likeness (QED) is 0.403. The Kier molecular flexibility index (Phi) is 6.33. The van der Waals surface area contributed by atoms with Crippen LogP contribution in [0.25, 0.3) is 0 Å². The van der Waals surface area contributed by atoms with Crippen LogP contribution in [0.15, 0.2) is 78.5 Å². The Labute approximate surface area is 181 Å². The van der Waals surface area contributed by atoms with Gasteiger partial charge in [0.05, 0.1) is 11.3 Å². The summed E-state index contributed by atoms with van der Waals surface area (Å²) in [5.41, 5.74) is 2.11. The molecule has 30 heavy (non-hydrogen) atoms. The zero-order valence-corrected chi connectivity index (χ0v) is 17.9. The van der Waals surface area contributed by atoms with Gasteiger partial charge in [-0.2, -0.15) is 0 Å². The minimum Gasteiger partial charge on any atom is -0.344 e. The molecule has 1 atom stereocenters. The molecule has 1 aliphatic carbocycles. The highest BCUT2D eigenvalue weighted by molar-refractivity contribution is 8.00. The maximum absolute atomic E-state index is 13.1. The topological polar surface area (TPSA) is 59.8 Å². The van der Waals surface area contributed by atoms with Gasteiger partial charge < -0.3 is 9.88 Å². The lowest BCUT2D eigenvalue weighted by Crippen LogP contribution is -2.35. The van der Waals surface area contributed by atoms with Gasteiger partial charge in [0.1, 0.15) is 5.82 Å². The molecule has 6 heteroatoms. The maximum Gasteiger partial charge on any atom is 0.234 e. The van der Waals surface area contributed by atoms with E-state index < -0.39 is 0 Å². The minimum atomic E-state index is -0.306. The Hall–Kier alpha value is -2.86. The van der Waals surface area contributed by atoms with Gasteiger partial charge in [-0.15, -0.1) is 16.8 Å². The largest absolute Gasteiger partial charge is 0.344 e. The van der Waals surface area contributed by atoms with E-state index in [-0.39, 0.29) is 17.2 Å². The fourth-order valence-corrected chi connectivity index (χ4v) is 4.33. The highest BCUT2D eigenvalue weighted by atomic mass is 32.2. The second kappa shape index (κ2) is 9.30. The number of allylic oxidation sites excluding steroid dienone is 1. The van der Waals surface area contributed by atoms with Gasteiger partial charge in [0, 0.05) is 12.5 Å². The zero-order valence-electron chi connectivity index (χ0n) is 17.1. The van der Waals surface area contributed by atoms with Crippen LogP contribution >= 0.6 is 11.8 Å². The summed E-state index contributed by atoms with van der Waals surface area (Å²) in [7, 11) is 0. The van der Waals surface area contributed by atoms with Crippen LogP contribution in [0, 0.1) is 0 Å². The highest BCUT2D eigenvalue weighted by Crippen LogP contribution is 2.40. The molecule has 1 amide bonds. The number of aromatic nitrogens is 3. The lowest BCUT2D eigenvalue weighted by atomic mass is 9.98. The first-order valence-corrected chi connectivity index (χ1v) is 11.2. The van der Waals surface area contributed by atoms with E-state index >= 15 is 0 Å². The number of nitrogens with one attached hydrogen (secondary N) is 1. The third-order valence-electron chi connectivity index (χ3n) is 5.20. The highest BCUT2D eigenvalue weighted by Gasteiger charge is 2.31. The summed E-state index contributed by atoms with van der Waals surface area (Å²) in [5.74, 6) is 1.48. The minimum absolute atomic E-state index is 0.0289. The van der Waals surface area contributed by atoms with E-state index in [2.05, 4.69) is 26.7 Å². The number of amides is 1. The lowest BCUT2D eigenvalue weighted by molar-refractivity contribution is -0.120. The Bertz CT molecular complexity index is 959. The number of nitrogens with zero attached hydrogens (tertiary/aromatic N) is 3. The molecule has 1 aromatic heterocycles. The molecule has 4 rings (SSSR count). The Balaban J connectivity index is 1.51. The molecule has 0 saturated heterocycles. The SMILES string of the molecule is C=CCn1c(SC(C)C(=O)NC(c2ccccc2)c2ccccc2)nnc1C1CC1. The van der Waals surface area contributed by atoms with E-state index in [1.807, 2.05) is 73.7 Å². The van der Waals surface area contributed by atoms with E-state index in [4.69, 9.17) is 0 Å². The van der Waals surface area contributed by atoms with Crippen LogP contribution in [0.1, 0.15) is 48.7 Å².